The van der Waals surface area contributed by atoms with Crippen molar-refractivity contribution in [1.29, 1.82) is 0 Å². The lowest BCUT2D eigenvalue weighted by Crippen LogP contribution is -2.42. The third-order valence-corrected chi connectivity index (χ3v) is 3.14. The number of hydrogen-bond donors (Lipinski definition) is 4. The molecule has 0 spiro atoms. The first-order valence-electron chi connectivity index (χ1n) is 8.38. The molecular weight excluding hydrogens is 364 g/mol. The molecule has 0 aromatic heterocycles. The average molecular weight is 390 g/mol. The monoisotopic (exact) mass is 390 g/mol. The molecule has 27 heavy (non-hydrogen) atoms. The molecule has 11 heteroatoms. The Morgan fingerprint density at radius 3 is 2.07 bits per heavy atom. The van der Waals surface area contributed by atoms with Gasteiger partial charge in [-0.1, -0.05) is 0 Å². The van der Waals surface area contributed by atoms with Gasteiger partial charge in [0.2, 0.25) is 11.8 Å². The van der Waals surface area contributed by atoms with Crippen LogP contribution in [-0.4, -0.2) is 78.8 Å². The van der Waals surface area contributed by atoms with E-state index in [1.807, 2.05) is 0 Å². The fourth-order valence-corrected chi connectivity index (χ4v) is 1.80. The summed E-state index contributed by atoms with van der Waals surface area (Å²) in [6.07, 6.45) is -0.814. The maximum atomic E-state index is 11.6. The Labute approximate surface area is 156 Å². The maximum absolute atomic E-state index is 11.6. The van der Waals surface area contributed by atoms with E-state index in [4.69, 9.17) is 19.7 Å². The highest BCUT2D eigenvalue weighted by atomic mass is 16.5. The molecular formula is C16H26N2O9. The number of ether oxygens (including phenoxy) is 2. The summed E-state index contributed by atoms with van der Waals surface area (Å²) in [5.41, 5.74) is 0. The van der Waals surface area contributed by atoms with Crippen LogP contribution >= 0.6 is 0 Å². The van der Waals surface area contributed by atoms with E-state index in [1.165, 1.54) is 6.92 Å². The van der Waals surface area contributed by atoms with Gasteiger partial charge >= 0.3 is 11.9 Å². The molecule has 11 nitrogen and oxygen atoms in total. The number of rotatable bonds is 16. The highest BCUT2D eigenvalue weighted by Gasteiger charge is 2.21. The number of Topliss-reactive ketones (excluding diaryl/α,β-unsaturated/α-hetero) is 1. The predicted molar refractivity (Wildman–Crippen MR) is 91.0 cm³/mol. The summed E-state index contributed by atoms with van der Waals surface area (Å²) in [6, 6.07) is -1.34. The van der Waals surface area contributed by atoms with E-state index in [0.717, 1.165) is 0 Å². The minimum atomic E-state index is -1.38. The molecule has 154 valence electrons. The molecule has 0 fully saturated rings. The molecule has 0 saturated carbocycles. The van der Waals surface area contributed by atoms with Crippen LogP contribution < -0.4 is 10.6 Å². The Hall–Kier alpha value is -2.53. The first-order valence-corrected chi connectivity index (χ1v) is 8.38. The van der Waals surface area contributed by atoms with E-state index in [0.29, 0.717) is 26.2 Å². The second-order valence-electron chi connectivity index (χ2n) is 5.59. The summed E-state index contributed by atoms with van der Waals surface area (Å²) < 4.78 is 10.4. The van der Waals surface area contributed by atoms with Gasteiger partial charge in [-0.3, -0.25) is 19.2 Å². The van der Waals surface area contributed by atoms with Crippen molar-refractivity contribution < 1.29 is 43.7 Å². The van der Waals surface area contributed by atoms with E-state index in [2.05, 4.69) is 10.6 Å². The van der Waals surface area contributed by atoms with Gasteiger partial charge in [-0.2, -0.15) is 0 Å². The van der Waals surface area contributed by atoms with Gasteiger partial charge in [-0.15, -0.1) is 0 Å². The van der Waals surface area contributed by atoms with Crippen molar-refractivity contribution >= 4 is 29.5 Å². The average Bonchev–Trinajstić information content (AvgIpc) is 2.55. The van der Waals surface area contributed by atoms with Crippen LogP contribution in [0.1, 0.15) is 32.6 Å². The van der Waals surface area contributed by atoms with Crippen molar-refractivity contribution in [2.45, 2.75) is 38.6 Å². The fraction of sp³-hybridized carbons (Fsp3) is 0.688. The van der Waals surface area contributed by atoms with Gasteiger partial charge in [-0.05, 0) is 13.3 Å². The zero-order chi connectivity index (χ0) is 20.7. The normalized spacial score (nSPS) is 11.4. The Bertz CT molecular complexity index is 522. The number of ketones is 1. The lowest BCUT2D eigenvalue weighted by Gasteiger charge is -2.13. The smallest absolute Gasteiger partial charge is 0.326 e. The van der Waals surface area contributed by atoms with Gasteiger partial charge in [0.05, 0.1) is 26.4 Å². The standard InChI is InChI=1S/C16H26N2O9/c1-11(19)4-6-26-8-9-27-7-5-17-13(20)3-2-12(16(24)25)18-14(21)10-15(22)23/h12H,2-10H2,1H3,(H,17,20)(H,18,21)(H,22,23)(H,24,25). The minimum Gasteiger partial charge on any atom is -0.481 e. The Morgan fingerprint density at radius 1 is 0.889 bits per heavy atom. The largest absolute Gasteiger partial charge is 0.481 e. The van der Waals surface area contributed by atoms with Gasteiger partial charge in [0.15, 0.2) is 0 Å². The summed E-state index contributed by atoms with van der Waals surface area (Å²) in [6.45, 7) is 2.91. The Morgan fingerprint density at radius 2 is 1.52 bits per heavy atom. The molecule has 0 heterocycles. The van der Waals surface area contributed by atoms with Gasteiger partial charge in [0.1, 0.15) is 18.2 Å². The van der Waals surface area contributed by atoms with E-state index < -0.39 is 36.2 Å². The second kappa shape index (κ2) is 14.6. The number of hydrogen-bond acceptors (Lipinski definition) is 7. The van der Waals surface area contributed by atoms with E-state index in [1.54, 1.807) is 0 Å². The van der Waals surface area contributed by atoms with Gasteiger partial charge < -0.3 is 30.3 Å². The number of carbonyl (C=O) groups excluding carboxylic acids is 3. The third kappa shape index (κ3) is 15.4. The van der Waals surface area contributed by atoms with E-state index in [-0.39, 0.29) is 31.8 Å². The molecule has 0 aromatic rings. The number of carbonyl (C=O) groups is 5. The highest BCUT2D eigenvalue weighted by molar-refractivity contribution is 5.95. The molecule has 2 amide bonds. The van der Waals surface area contributed by atoms with Crippen LogP contribution in [0.2, 0.25) is 0 Å². The van der Waals surface area contributed by atoms with Crippen LogP contribution in [0.15, 0.2) is 0 Å². The lowest BCUT2D eigenvalue weighted by atomic mass is 10.1. The first-order chi connectivity index (χ1) is 12.7. The van der Waals surface area contributed by atoms with Crippen molar-refractivity contribution in [3.63, 3.8) is 0 Å². The van der Waals surface area contributed by atoms with Crippen molar-refractivity contribution in [3.05, 3.63) is 0 Å². The fourth-order valence-electron chi connectivity index (χ4n) is 1.80. The van der Waals surface area contributed by atoms with E-state index in [9.17, 15) is 24.0 Å². The third-order valence-electron chi connectivity index (χ3n) is 3.14. The quantitative estimate of drug-likeness (QED) is 0.189. The van der Waals surface area contributed by atoms with Crippen LogP contribution in [-0.2, 0) is 33.4 Å². The number of nitrogens with one attached hydrogen (secondary N) is 2. The van der Waals surface area contributed by atoms with Gasteiger partial charge in [-0.25, -0.2) is 4.79 Å². The summed E-state index contributed by atoms with van der Waals surface area (Å²) in [4.78, 5) is 55.0. The maximum Gasteiger partial charge on any atom is 0.326 e. The highest BCUT2D eigenvalue weighted by Crippen LogP contribution is 1.99. The molecule has 0 aromatic carbocycles. The van der Waals surface area contributed by atoms with Crippen LogP contribution in [0.3, 0.4) is 0 Å². The number of aliphatic carboxylic acids is 2. The summed E-state index contributed by atoms with van der Waals surface area (Å²) in [5.74, 6) is -4.04. The number of carboxylic acid groups (broad SMARTS) is 2. The molecule has 0 aliphatic rings. The molecule has 0 bridgehead atoms. The lowest BCUT2D eigenvalue weighted by molar-refractivity contribution is -0.145. The number of amides is 2. The molecule has 0 saturated heterocycles. The van der Waals surface area contributed by atoms with Crippen molar-refractivity contribution in [3.8, 4) is 0 Å². The van der Waals surface area contributed by atoms with Crippen molar-refractivity contribution in [1.82, 2.24) is 10.6 Å². The van der Waals surface area contributed by atoms with Crippen LogP contribution in [0.4, 0.5) is 0 Å². The first kappa shape index (κ1) is 24.5. The van der Waals surface area contributed by atoms with Crippen LogP contribution in [0.25, 0.3) is 0 Å². The Kier molecular flexibility index (Phi) is 13.2. The van der Waals surface area contributed by atoms with Crippen molar-refractivity contribution in [2.75, 3.05) is 33.0 Å². The van der Waals surface area contributed by atoms with Crippen LogP contribution in [0.5, 0.6) is 0 Å². The molecule has 0 radical (unpaired) electrons. The molecule has 0 aliphatic heterocycles. The summed E-state index contributed by atoms with van der Waals surface area (Å²) >= 11 is 0. The van der Waals surface area contributed by atoms with E-state index >= 15 is 0 Å². The van der Waals surface area contributed by atoms with Crippen molar-refractivity contribution in [2.24, 2.45) is 0 Å². The summed E-state index contributed by atoms with van der Waals surface area (Å²) in [7, 11) is 0. The van der Waals surface area contributed by atoms with Gasteiger partial charge in [0, 0.05) is 19.4 Å². The minimum absolute atomic E-state index is 0.0465. The SMILES string of the molecule is CC(=O)CCOCCOCCNC(=O)CCC(NC(=O)CC(=O)O)C(=O)O. The zero-order valence-electron chi connectivity index (χ0n) is 15.2. The molecule has 1 atom stereocenters. The Balaban J connectivity index is 3.81. The molecule has 0 rings (SSSR count). The zero-order valence-corrected chi connectivity index (χ0v) is 15.2. The molecule has 0 aliphatic carbocycles. The predicted octanol–water partition coefficient (Wildman–Crippen LogP) is -1.06. The summed E-state index contributed by atoms with van der Waals surface area (Å²) in [5, 5.41) is 22.0. The topological polar surface area (TPSA) is 168 Å². The second-order valence-corrected chi connectivity index (χ2v) is 5.59. The molecule has 4 N–H and O–H groups in total. The van der Waals surface area contributed by atoms with Crippen LogP contribution in [0, 0.1) is 0 Å². The van der Waals surface area contributed by atoms with Gasteiger partial charge in [0.25, 0.3) is 0 Å². The number of carboxylic acids is 2. The molecule has 1 unspecified atom stereocenters.